The number of rotatable bonds is 4. The highest BCUT2D eigenvalue weighted by atomic mass is 16.2. The van der Waals surface area contributed by atoms with E-state index < -0.39 is 0 Å². The Morgan fingerprint density at radius 1 is 1.00 bits per heavy atom. The van der Waals surface area contributed by atoms with E-state index in [4.69, 9.17) is 0 Å². The third-order valence-electron chi connectivity index (χ3n) is 6.00. The maximum absolute atomic E-state index is 12.6. The number of quaternary nitrogens is 1. The highest BCUT2D eigenvalue weighted by Gasteiger charge is 2.23. The number of aromatic amines is 1. The van der Waals surface area contributed by atoms with Crippen molar-refractivity contribution in [1.29, 1.82) is 0 Å². The molecule has 2 aliphatic rings. The molecule has 1 aromatic carbocycles. The number of aromatic nitrogens is 2. The van der Waals surface area contributed by atoms with Crippen molar-refractivity contribution in [3.63, 3.8) is 0 Å². The summed E-state index contributed by atoms with van der Waals surface area (Å²) in [4.78, 5) is 31.9. The van der Waals surface area contributed by atoms with Gasteiger partial charge in [0.25, 0.3) is 5.56 Å². The molecule has 2 fully saturated rings. The Bertz CT molecular complexity index is 828. The summed E-state index contributed by atoms with van der Waals surface area (Å²) in [5.41, 5.74) is 0.951. The Balaban J connectivity index is 1.42. The quantitative estimate of drug-likeness (QED) is 0.843. The van der Waals surface area contributed by atoms with Gasteiger partial charge in [0.2, 0.25) is 0 Å². The summed E-state index contributed by atoms with van der Waals surface area (Å²) in [5, 5.41) is 0. The fourth-order valence-corrected chi connectivity index (χ4v) is 4.47. The van der Waals surface area contributed by atoms with E-state index in [0.29, 0.717) is 5.82 Å². The van der Waals surface area contributed by atoms with Gasteiger partial charge in [-0.1, -0.05) is 49.6 Å². The molecular formula is C21H29N4O2+. The van der Waals surface area contributed by atoms with Gasteiger partial charge in [0.05, 0.1) is 26.2 Å². The lowest BCUT2D eigenvalue weighted by molar-refractivity contribution is -0.914. The van der Waals surface area contributed by atoms with Crippen molar-refractivity contribution < 1.29 is 4.90 Å². The topological polar surface area (TPSA) is 62.5 Å². The second kappa shape index (κ2) is 8.13. The van der Waals surface area contributed by atoms with Gasteiger partial charge in [-0.15, -0.1) is 0 Å². The fourth-order valence-electron chi connectivity index (χ4n) is 4.47. The van der Waals surface area contributed by atoms with E-state index in [2.05, 4.69) is 34.1 Å². The maximum Gasteiger partial charge on any atom is 0.330 e. The maximum atomic E-state index is 12.6. The molecule has 0 unspecified atom stereocenters. The lowest BCUT2D eigenvalue weighted by Crippen LogP contribution is -3.13. The smallest absolute Gasteiger partial charge is 0.330 e. The van der Waals surface area contributed by atoms with Crippen LogP contribution in [0.15, 0.2) is 46.0 Å². The molecule has 0 bridgehead atoms. The van der Waals surface area contributed by atoms with Crippen LogP contribution in [0, 0.1) is 0 Å². The molecule has 2 heterocycles. The molecule has 6 heteroatoms. The van der Waals surface area contributed by atoms with Crippen molar-refractivity contribution in [3.05, 3.63) is 62.8 Å². The van der Waals surface area contributed by atoms with Crippen LogP contribution in [0.1, 0.15) is 43.7 Å². The minimum atomic E-state index is -0.247. The Morgan fingerprint density at radius 2 is 1.70 bits per heavy atom. The molecule has 6 nitrogen and oxygen atoms in total. The summed E-state index contributed by atoms with van der Waals surface area (Å²) < 4.78 is 1.44. The molecule has 2 aromatic rings. The van der Waals surface area contributed by atoms with Gasteiger partial charge in [0.1, 0.15) is 12.4 Å². The Kier molecular flexibility index (Phi) is 5.43. The third kappa shape index (κ3) is 4.16. The normalized spacial score (nSPS) is 19.3. The summed E-state index contributed by atoms with van der Waals surface area (Å²) in [6.07, 6.45) is 5.28. The van der Waals surface area contributed by atoms with Crippen LogP contribution in [0.5, 0.6) is 0 Å². The Labute approximate surface area is 159 Å². The molecule has 1 aliphatic carbocycles. The van der Waals surface area contributed by atoms with Crippen LogP contribution in [0.3, 0.4) is 0 Å². The van der Waals surface area contributed by atoms with Crippen molar-refractivity contribution in [1.82, 2.24) is 9.55 Å². The van der Waals surface area contributed by atoms with Crippen LogP contribution < -0.4 is 21.0 Å². The SMILES string of the molecule is O=c1cc(N2CC[NH+](Cc3ccccc3)CC2)[nH]c(=O)n1C1CCCCC1. The molecule has 0 atom stereocenters. The summed E-state index contributed by atoms with van der Waals surface area (Å²) in [7, 11) is 0. The van der Waals surface area contributed by atoms with Crippen LogP contribution in [0.2, 0.25) is 0 Å². The second-order valence-electron chi connectivity index (χ2n) is 7.86. The van der Waals surface area contributed by atoms with Crippen molar-refractivity contribution >= 4 is 5.82 Å². The molecule has 144 valence electrons. The van der Waals surface area contributed by atoms with Crippen LogP contribution in [0.4, 0.5) is 5.82 Å². The van der Waals surface area contributed by atoms with Crippen LogP contribution in [-0.4, -0.2) is 35.7 Å². The van der Waals surface area contributed by atoms with Crippen molar-refractivity contribution in [2.24, 2.45) is 0 Å². The van der Waals surface area contributed by atoms with Gasteiger partial charge < -0.3 is 9.80 Å². The Morgan fingerprint density at radius 3 is 2.37 bits per heavy atom. The zero-order valence-corrected chi connectivity index (χ0v) is 15.8. The predicted molar refractivity (Wildman–Crippen MR) is 107 cm³/mol. The summed E-state index contributed by atoms with van der Waals surface area (Å²) in [6, 6.07) is 12.2. The molecule has 1 aromatic heterocycles. The molecule has 27 heavy (non-hydrogen) atoms. The van der Waals surface area contributed by atoms with Gasteiger partial charge in [0.15, 0.2) is 0 Å². The van der Waals surface area contributed by atoms with Crippen LogP contribution in [-0.2, 0) is 6.54 Å². The first kappa shape index (κ1) is 18.0. The van der Waals surface area contributed by atoms with E-state index in [0.717, 1.165) is 58.4 Å². The number of nitrogens with zero attached hydrogens (tertiary/aromatic N) is 2. The van der Waals surface area contributed by atoms with Gasteiger partial charge in [-0.2, -0.15) is 0 Å². The van der Waals surface area contributed by atoms with E-state index >= 15 is 0 Å². The Hall–Kier alpha value is -2.34. The minimum absolute atomic E-state index is 0.0659. The second-order valence-corrected chi connectivity index (χ2v) is 7.86. The van der Waals surface area contributed by atoms with Crippen LogP contribution >= 0.6 is 0 Å². The first-order valence-corrected chi connectivity index (χ1v) is 10.2. The third-order valence-corrected chi connectivity index (χ3v) is 6.00. The average molecular weight is 369 g/mol. The average Bonchev–Trinajstić information content (AvgIpc) is 2.70. The zero-order valence-electron chi connectivity index (χ0n) is 15.8. The molecule has 0 amide bonds. The summed E-state index contributed by atoms with van der Waals surface area (Å²) in [6.45, 7) is 4.73. The predicted octanol–water partition coefficient (Wildman–Crippen LogP) is 0.947. The van der Waals surface area contributed by atoms with Crippen molar-refractivity contribution in [3.8, 4) is 0 Å². The first-order valence-electron chi connectivity index (χ1n) is 10.2. The number of H-pyrrole nitrogens is 1. The van der Waals surface area contributed by atoms with Gasteiger partial charge in [-0.25, -0.2) is 4.79 Å². The van der Waals surface area contributed by atoms with E-state index in [9.17, 15) is 9.59 Å². The molecule has 1 saturated heterocycles. The number of piperazine rings is 1. The van der Waals surface area contributed by atoms with Crippen molar-refractivity contribution in [2.45, 2.75) is 44.7 Å². The summed E-state index contributed by atoms with van der Waals surface area (Å²) >= 11 is 0. The number of anilines is 1. The fraction of sp³-hybridized carbons (Fsp3) is 0.524. The molecule has 4 rings (SSSR count). The number of nitrogens with one attached hydrogen (secondary N) is 2. The molecule has 0 radical (unpaired) electrons. The monoisotopic (exact) mass is 369 g/mol. The number of hydrogen-bond donors (Lipinski definition) is 2. The van der Waals surface area contributed by atoms with E-state index in [1.54, 1.807) is 6.07 Å². The molecule has 1 saturated carbocycles. The van der Waals surface area contributed by atoms with Crippen LogP contribution in [0.25, 0.3) is 0 Å². The first-order chi connectivity index (χ1) is 13.2. The standard InChI is InChI=1S/C21H28N4O2/c26-20-15-19(22-21(27)25(20)18-9-5-2-6-10-18)24-13-11-23(12-14-24)16-17-7-3-1-4-8-17/h1,3-4,7-8,15,18H,2,5-6,9-14,16H2,(H,22,27)/p+1. The van der Waals surface area contributed by atoms with Gasteiger partial charge in [-0.05, 0) is 12.8 Å². The zero-order chi connectivity index (χ0) is 18.6. The largest absolute Gasteiger partial charge is 0.347 e. The molecular weight excluding hydrogens is 340 g/mol. The highest BCUT2D eigenvalue weighted by molar-refractivity contribution is 5.36. The van der Waals surface area contributed by atoms with E-state index in [-0.39, 0.29) is 17.3 Å². The molecule has 1 aliphatic heterocycles. The highest BCUT2D eigenvalue weighted by Crippen LogP contribution is 2.25. The van der Waals surface area contributed by atoms with E-state index in [1.807, 2.05) is 6.07 Å². The van der Waals surface area contributed by atoms with Gasteiger partial charge >= 0.3 is 5.69 Å². The van der Waals surface area contributed by atoms with Gasteiger partial charge in [-0.3, -0.25) is 14.3 Å². The lowest BCUT2D eigenvalue weighted by atomic mass is 9.95. The van der Waals surface area contributed by atoms with Crippen molar-refractivity contribution in [2.75, 3.05) is 31.1 Å². The minimum Gasteiger partial charge on any atom is -0.347 e. The molecule has 2 N–H and O–H groups in total. The lowest BCUT2D eigenvalue weighted by Gasteiger charge is -2.33. The van der Waals surface area contributed by atoms with E-state index in [1.165, 1.54) is 21.5 Å². The number of benzene rings is 1. The molecule has 0 spiro atoms. The number of hydrogen-bond acceptors (Lipinski definition) is 3. The van der Waals surface area contributed by atoms with Gasteiger partial charge in [0, 0.05) is 17.7 Å². The summed E-state index contributed by atoms with van der Waals surface area (Å²) in [5.74, 6) is 0.677.